The maximum absolute atomic E-state index is 13.6. The first kappa shape index (κ1) is 26.6. The van der Waals surface area contributed by atoms with Gasteiger partial charge in [0.05, 0.1) is 0 Å². The zero-order chi connectivity index (χ0) is 22.4. The third-order valence-corrected chi connectivity index (χ3v) is 5.71. The summed E-state index contributed by atoms with van der Waals surface area (Å²) in [5, 5.41) is 12.8. The van der Waals surface area contributed by atoms with Gasteiger partial charge in [-0.3, -0.25) is 4.99 Å². The van der Waals surface area contributed by atoms with Crippen LogP contribution >= 0.6 is 27.2 Å². The standard InChI is InChI=1S/C22H29FNOP.2ClH.Ti/c1-21(2,3)15-11-17(22(4,5)6)20(25)19(12-15)26-18-9-8-16(23)10-14(18)13-24-7;;;/h8-13,25-26H,1-7H3;2*1H;/q;;;+2/p-2. The number of benzene rings is 2. The predicted octanol–water partition coefficient (Wildman–Crippen LogP) is 6.18. The van der Waals surface area contributed by atoms with Gasteiger partial charge in [0.15, 0.2) is 0 Å². The Labute approximate surface area is 192 Å². The van der Waals surface area contributed by atoms with Crippen LogP contribution in [0.3, 0.4) is 0 Å². The van der Waals surface area contributed by atoms with Crippen LogP contribution in [0.2, 0.25) is 0 Å². The summed E-state index contributed by atoms with van der Waals surface area (Å²) in [6.07, 6.45) is 1.67. The van der Waals surface area contributed by atoms with Crippen molar-refractivity contribution < 1.29 is 26.5 Å². The van der Waals surface area contributed by atoms with Crippen LogP contribution in [-0.4, -0.2) is 18.4 Å². The van der Waals surface area contributed by atoms with E-state index < -0.39 is 17.0 Å². The Bertz CT molecular complexity index is 861. The van der Waals surface area contributed by atoms with Crippen LogP contribution in [0.25, 0.3) is 0 Å². The monoisotopic (exact) mass is 491 g/mol. The van der Waals surface area contributed by atoms with Gasteiger partial charge in [0.2, 0.25) is 0 Å². The molecule has 0 aliphatic heterocycles. The SMILES string of the molecule is CN=Cc1cc(F)ccc1Pc1cc(C(C)(C)C)cc(C(C)(C)C)c1O.[Cl][Ti][Cl]. The molecule has 0 amide bonds. The summed E-state index contributed by atoms with van der Waals surface area (Å²) in [5.41, 5.74) is 2.70. The number of phenols is 1. The Morgan fingerprint density at radius 3 is 2.07 bits per heavy atom. The van der Waals surface area contributed by atoms with E-state index in [0.29, 0.717) is 5.75 Å². The molecule has 0 spiro atoms. The molecular formula is C22H29Cl2FNOPTi. The van der Waals surface area contributed by atoms with E-state index in [1.54, 1.807) is 19.3 Å². The third-order valence-electron chi connectivity index (χ3n) is 4.34. The van der Waals surface area contributed by atoms with Gasteiger partial charge in [-0.05, 0) is 39.9 Å². The van der Waals surface area contributed by atoms with Crippen molar-refractivity contribution in [1.82, 2.24) is 0 Å². The molecule has 2 nitrogen and oxygen atoms in total. The van der Waals surface area contributed by atoms with Gasteiger partial charge in [-0.15, -0.1) is 0 Å². The molecule has 2 aromatic carbocycles. The summed E-state index contributed by atoms with van der Waals surface area (Å²) in [5.74, 6) is 0.0593. The van der Waals surface area contributed by atoms with Crippen molar-refractivity contribution in [2.75, 3.05) is 7.05 Å². The van der Waals surface area contributed by atoms with Crippen LogP contribution in [-0.2, 0) is 27.9 Å². The van der Waals surface area contributed by atoms with Crippen molar-refractivity contribution in [3.8, 4) is 5.75 Å². The minimum atomic E-state index is -0.556. The van der Waals surface area contributed by atoms with Crippen LogP contribution in [0.1, 0.15) is 58.2 Å². The van der Waals surface area contributed by atoms with Crippen LogP contribution in [0, 0.1) is 5.82 Å². The Morgan fingerprint density at radius 1 is 1.00 bits per heavy atom. The molecule has 0 saturated carbocycles. The van der Waals surface area contributed by atoms with Gasteiger partial charge in [0.25, 0.3) is 0 Å². The van der Waals surface area contributed by atoms with Crippen molar-refractivity contribution in [3.05, 3.63) is 52.8 Å². The van der Waals surface area contributed by atoms with E-state index in [1.807, 2.05) is 0 Å². The summed E-state index contributed by atoms with van der Waals surface area (Å²) < 4.78 is 13.6. The van der Waals surface area contributed by atoms with E-state index in [1.165, 1.54) is 17.7 Å². The number of nitrogens with zero attached hydrogens (tertiary/aromatic N) is 1. The van der Waals surface area contributed by atoms with Crippen LogP contribution in [0.15, 0.2) is 35.3 Å². The summed E-state index contributed by atoms with van der Waals surface area (Å²) in [7, 11) is 11.7. The minimum absolute atomic E-state index is 0.0244. The predicted molar refractivity (Wildman–Crippen MR) is 125 cm³/mol. The van der Waals surface area contributed by atoms with E-state index in [9.17, 15) is 9.50 Å². The summed E-state index contributed by atoms with van der Waals surface area (Å²) in [6.45, 7) is 12.8. The molecule has 1 N–H and O–H groups in total. The van der Waals surface area contributed by atoms with Crippen molar-refractivity contribution in [1.29, 1.82) is 0 Å². The van der Waals surface area contributed by atoms with Crippen molar-refractivity contribution >= 4 is 44.0 Å². The maximum atomic E-state index is 13.6. The van der Waals surface area contributed by atoms with E-state index in [0.717, 1.165) is 21.7 Å². The van der Waals surface area contributed by atoms with Gasteiger partial charge in [0, 0.05) is 29.7 Å². The number of rotatable bonds is 3. The van der Waals surface area contributed by atoms with Crippen molar-refractivity contribution in [3.63, 3.8) is 0 Å². The molecule has 2 aromatic rings. The molecule has 0 aromatic heterocycles. The Hall–Kier alpha value is -0.436. The van der Waals surface area contributed by atoms with Crippen molar-refractivity contribution in [2.45, 2.75) is 52.4 Å². The third kappa shape index (κ3) is 7.96. The van der Waals surface area contributed by atoms with E-state index >= 15 is 0 Å². The zero-order valence-electron chi connectivity index (χ0n) is 18.0. The van der Waals surface area contributed by atoms with E-state index in [2.05, 4.69) is 58.7 Å². The summed E-state index contributed by atoms with van der Waals surface area (Å²) >= 11 is -0.556. The molecule has 7 heteroatoms. The summed E-state index contributed by atoms with van der Waals surface area (Å²) in [4.78, 5) is 4.04. The second-order valence-corrected chi connectivity index (χ2v) is 12.6. The molecule has 29 heavy (non-hydrogen) atoms. The average Bonchev–Trinajstić information content (AvgIpc) is 2.57. The molecule has 0 radical (unpaired) electrons. The molecule has 0 aliphatic carbocycles. The molecule has 0 fully saturated rings. The molecule has 0 aliphatic rings. The number of aromatic hydroxyl groups is 1. The second-order valence-electron chi connectivity index (χ2n) is 8.74. The summed E-state index contributed by atoms with van der Waals surface area (Å²) in [6, 6.07) is 8.93. The fourth-order valence-electron chi connectivity index (χ4n) is 2.77. The zero-order valence-corrected chi connectivity index (χ0v) is 22.1. The van der Waals surface area contributed by atoms with Gasteiger partial charge >= 0.3 is 35.6 Å². The van der Waals surface area contributed by atoms with Crippen molar-refractivity contribution in [2.24, 2.45) is 4.99 Å². The number of hydrogen-bond acceptors (Lipinski definition) is 2. The van der Waals surface area contributed by atoms with Gasteiger partial charge in [-0.1, -0.05) is 62.3 Å². The molecule has 1 unspecified atom stereocenters. The molecule has 2 rings (SSSR count). The quantitative estimate of drug-likeness (QED) is 0.310. The second kappa shape index (κ2) is 11.3. The van der Waals surface area contributed by atoms with Crippen LogP contribution < -0.4 is 10.6 Å². The molecule has 0 bridgehead atoms. The first-order valence-electron chi connectivity index (χ1n) is 9.18. The number of halogens is 3. The van der Waals surface area contributed by atoms with Crippen LogP contribution in [0.5, 0.6) is 5.75 Å². The van der Waals surface area contributed by atoms with Gasteiger partial charge in [0.1, 0.15) is 11.6 Å². The van der Waals surface area contributed by atoms with Crippen LogP contribution in [0.4, 0.5) is 4.39 Å². The Morgan fingerprint density at radius 2 is 1.59 bits per heavy atom. The average molecular weight is 492 g/mol. The fraction of sp³-hybridized carbons (Fsp3) is 0.409. The van der Waals surface area contributed by atoms with E-state index in [-0.39, 0.29) is 25.2 Å². The van der Waals surface area contributed by atoms with Gasteiger partial charge in [-0.2, -0.15) is 0 Å². The first-order valence-corrected chi connectivity index (χ1v) is 14.5. The molecule has 0 saturated heterocycles. The number of phenolic OH excluding ortho intramolecular Hbond substituents is 1. The van der Waals surface area contributed by atoms with E-state index in [4.69, 9.17) is 18.6 Å². The normalized spacial score (nSPS) is 12.3. The van der Waals surface area contributed by atoms with Gasteiger partial charge < -0.3 is 5.11 Å². The molecular weight excluding hydrogens is 463 g/mol. The van der Waals surface area contributed by atoms with Gasteiger partial charge in [-0.25, -0.2) is 4.39 Å². The number of aliphatic imine (C=N–C) groups is 1. The Balaban J connectivity index is 0.00000132. The number of hydrogen-bond donors (Lipinski definition) is 1. The molecule has 158 valence electrons. The first-order chi connectivity index (χ1) is 13.3. The fourth-order valence-corrected chi connectivity index (χ4v) is 3.99. The molecule has 0 heterocycles. The topological polar surface area (TPSA) is 32.6 Å². The Kier molecular flexibility index (Phi) is 10.3. The molecule has 1 atom stereocenters.